The summed E-state index contributed by atoms with van der Waals surface area (Å²) in [5, 5.41) is 11.1. The number of rotatable bonds is 10. The van der Waals surface area contributed by atoms with E-state index in [0.29, 0.717) is 0 Å². The van der Waals surface area contributed by atoms with Gasteiger partial charge in [-0.3, -0.25) is 4.90 Å². The van der Waals surface area contributed by atoms with Crippen LogP contribution in [0, 0.1) is 6.92 Å². The van der Waals surface area contributed by atoms with Gasteiger partial charge in [0, 0.05) is 38.9 Å². The first-order valence-electron chi connectivity index (χ1n) is 11.4. The number of anilines is 1. The van der Waals surface area contributed by atoms with Gasteiger partial charge in [0.15, 0.2) is 0 Å². The van der Waals surface area contributed by atoms with Crippen LogP contribution in [0.2, 0.25) is 0 Å². The van der Waals surface area contributed by atoms with Crippen molar-refractivity contribution in [3.63, 3.8) is 0 Å². The quantitative estimate of drug-likeness (QED) is 0.429. The van der Waals surface area contributed by atoms with Crippen molar-refractivity contribution in [3.8, 4) is 5.75 Å². The van der Waals surface area contributed by atoms with Crippen molar-refractivity contribution >= 4 is 30.5 Å². The monoisotopic (exact) mass is 482 g/mol. The van der Waals surface area contributed by atoms with E-state index in [9.17, 15) is 5.11 Å². The molecule has 0 atom stereocenters. The van der Waals surface area contributed by atoms with Crippen molar-refractivity contribution in [1.82, 2.24) is 4.90 Å². The Hall–Kier alpha value is -1.46. The van der Waals surface area contributed by atoms with E-state index >= 15 is 0 Å². The predicted octanol–water partition coefficient (Wildman–Crippen LogP) is 5.87. The second kappa shape index (κ2) is 13.9. The molecule has 0 aliphatic carbocycles. The van der Waals surface area contributed by atoms with E-state index in [0.717, 1.165) is 70.6 Å². The fourth-order valence-corrected chi connectivity index (χ4v) is 3.97. The maximum atomic E-state index is 11.1. The Morgan fingerprint density at radius 2 is 1.62 bits per heavy atom. The van der Waals surface area contributed by atoms with E-state index in [4.69, 9.17) is 4.74 Å². The van der Waals surface area contributed by atoms with E-state index in [1.807, 2.05) is 12.1 Å². The highest BCUT2D eigenvalue weighted by Crippen LogP contribution is 2.28. The molecule has 180 valence electrons. The second-order valence-electron chi connectivity index (χ2n) is 8.85. The molecule has 1 aliphatic rings. The predicted molar refractivity (Wildman–Crippen MR) is 140 cm³/mol. The van der Waals surface area contributed by atoms with Gasteiger partial charge in [0.05, 0.1) is 12.2 Å². The van der Waals surface area contributed by atoms with Gasteiger partial charge in [-0.15, -0.1) is 24.8 Å². The number of hydrogen-bond donors (Lipinski definition) is 1. The lowest BCUT2D eigenvalue weighted by Crippen LogP contribution is -2.45. The molecule has 1 N–H and O–H groups in total. The minimum atomic E-state index is -0.554. The van der Waals surface area contributed by atoms with Gasteiger partial charge >= 0.3 is 0 Å². The van der Waals surface area contributed by atoms with Gasteiger partial charge in [0.1, 0.15) is 5.75 Å². The van der Waals surface area contributed by atoms with Crippen molar-refractivity contribution in [1.29, 1.82) is 0 Å². The first kappa shape index (κ1) is 28.6. The molecule has 1 aliphatic heterocycles. The summed E-state index contributed by atoms with van der Waals surface area (Å²) in [7, 11) is 2.10. The van der Waals surface area contributed by atoms with Gasteiger partial charge in [-0.05, 0) is 62.4 Å². The first-order chi connectivity index (χ1) is 14.5. The molecule has 0 aromatic heterocycles. The molecule has 6 heteroatoms. The average molecular weight is 484 g/mol. The molecule has 0 bridgehead atoms. The molecule has 0 unspecified atom stereocenters. The summed E-state index contributed by atoms with van der Waals surface area (Å²) in [6, 6.07) is 17.1. The van der Waals surface area contributed by atoms with Crippen LogP contribution in [0.4, 0.5) is 5.69 Å². The third kappa shape index (κ3) is 8.82. The molecule has 0 radical (unpaired) electrons. The summed E-state index contributed by atoms with van der Waals surface area (Å²) in [5.41, 5.74) is 3.27. The molecule has 32 heavy (non-hydrogen) atoms. The van der Waals surface area contributed by atoms with Crippen molar-refractivity contribution in [3.05, 3.63) is 59.7 Å². The minimum Gasteiger partial charge on any atom is -0.494 e. The molecule has 0 saturated carbocycles. The lowest BCUT2D eigenvalue weighted by atomic mass is 9.88. The number of aryl methyl sites for hydroxylation is 1. The largest absolute Gasteiger partial charge is 0.494 e. The molecule has 0 amide bonds. The van der Waals surface area contributed by atoms with E-state index < -0.39 is 5.60 Å². The smallest absolute Gasteiger partial charge is 0.119 e. The molecule has 4 nitrogen and oxygen atoms in total. The zero-order chi connectivity index (χ0) is 21.4. The summed E-state index contributed by atoms with van der Waals surface area (Å²) in [6.07, 6.45) is 4.72. The Morgan fingerprint density at radius 3 is 2.22 bits per heavy atom. The number of hydrogen-bond acceptors (Lipinski definition) is 4. The number of benzene rings is 2. The Balaban J connectivity index is 0.00000256. The number of ether oxygens (including phenoxy) is 1. The Labute approximate surface area is 206 Å². The standard InChI is InChI=1S/C26H38N2O2.2ClH/c1-4-5-20-30-25-12-10-24(11-13-25)27(3)17-14-26(29)15-18-28(19-16-26)21-23-8-6-22(2)7-9-23;;/h6-13,29H,4-5,14-21H2,1-3H3;2*1H. The van der Waals surface area contributed by atoms with Gasteiger partial charge in [-0.2, -0.15) is 0 Å². The summed E-state index contributed by atoms with van der Waals surface area (Å²) < 4.78 is 5.75. The van der Waals surface area contributed by atoms with Crippen LogP contribution in [0.3, 0.4) is 0 Å². The molecule has 3 rings (SSSR count). The van der Waals surface area contributed by atoms with Crippen LogP contribution in [0.5, 0.6) is 5.75 Å². The molecule has 2 aromatic rings. The van der Waals surface area contributed by atoms with Gasteiger partial charge in [-0.25, -0.2) is 0 Å². The molecule has 1 saturated heterocycles. The minimum absolute atomic E-state index is 0. The fraction of sp³-hybridized carbons (Fsp3) is 0.538. The van der Waals surface area contributed by atoms with Crippen LogP contribution < -0.4 is 9.64 Å². The van der Waals surface area contributed by atoms with E-state index in [2.05, 4.69) is 67.1 Å². The van der Waals surface area contributed by atoms with Gasteiger partial charge in [0.25, 0.3) is 0 Å². The zero-order valence-corrected chi connectivity index (χ0v) is 21.4. The second-order valence-corrected chi connectivity index (χ2v) is 8.85. The van der Waals surface area contributed by atoms with Gasteiger partial charge in [-0.1, -0.05) is 43.2 Å². The molecular weight excluding hydrogens is 443 g/mol. The van der Waals surface area contributed by atoms with Crippen LogP contribution >= 0.6 is 24.8 Å². The number of unbranched alkanes of at least 4 members (excludes halogenated alkanes) is 1. The lowest BCUT2D eigenvalue weighted by molar-refractivity contribution is -0.0275. The van der Waals surface area contributed by atoms with Crippen LogP contribution in [0.25, 0.3) is 0 Å². The third-order valence-electron chi connectivity index (χ3n) is 6.27. The van der Waals surface area contributed by atoms with Crippen LogP contribution in [0.1, 0.15) is 50.2 Å². The summed E-state index contributed by atoms with van der Waals surface area (Å²) >= 11 is 0. The fourth-order valence-electron chi connectivity index (χ4n) is 3.97. The summed E-state index contributed by atoms with van der Waals surface area (Å²) in [5.74, 6) is 0.931. The Morgan fingerprint density at radius 1 is 1.00 bits per heavy atom. The first-order valence-corrected chi connectivity index (χ1v) is 11.4. The Kier molecular flexibility index (Phi) is 12.5. The highest BCUT2D eigenvalue weighted by Gasteiger charge is 2.32. The molecule has 1 fully saturated rings. The number of nitrogens with zero attached hydrogens (tertiary/aromatic N) is 2. The molecule has 0 spiro atoms. The number of piperidine rings is 1. The van der Waals surface area contributed by atoms with Crippen molar-refractivity contribution in [2.75, 3.05) is 38.2 Å². The summed E-state index contributed by atoms with van der Waals surface area (Å²) in [4.78, 5) is 4.69. The summed E-state index contributed by atoms with van der Waals surface area (Å²) in [6.45, 7) is 8.81. The Bertz CT molecular complexity index is 760. The van der Waals surface area contributed by atoms with E-state index in [-0.39, 0.29) is 24.8 Å². The van der Waals surface area contributed by atoms with Gasteiger partial charge < -0.3 is 14.7 Å². The van der Waals surface area contributed by atoms with Crippen LogP contribution in [0.15, 0.2) is 48.5 Å². The maximum Gasteiger partial charge on any atom is 0.119 e. The van der Waals surface area contributed by atoms with Crippen LogP contribution in [-0.4, -0.2) is 48.9 Å². The number of halogens is 2. The topological polar surface area (TPSA) is 35.9 Å². The number of aliphatic hydroxyl groups is 1. The average Bonchev–Trinajstić information content (AvgIpc) is 2.76. The molecule has 2 aromatic carbocycles. The van der Waals surface area contributed by atoms with Crippen LogP contribution in [-0.2, 0) is 6.54 Å². The van der Waals surface area contributed by atoms with Crippen molar-refractivity contribution in [2.24, 2.45) is 0 Å². The highest BCUT2D eigenvalue weighted by molar-refractivity contribution is 5.85. The molecular formula is C26H40Cl2N2O2. The van der Waals surface area contributed by atoms with E-state index in [1.54, 1.807) is 0 Å². The molecule has 1 heterocycles. The van der Waals surface area contributed by atoms with Crippen molar-refractivity contribution < 1.29 is 9.84 Å². The van der Waals surface area contributed by atoms with Crippen molar-refractivity contribution in [2.45, 2.75) is 58.1 Å². The third-order valence-corrected chi connectivity index (χ3v) is 6.27. The maximum absolute atomic E-state index is 11.1. The SMILES string of the molecule is CCCCOc1ccc(N(C)CCC2(O)CCN(Cc3ccc(C)cc3)CC2)cc1.Cl.Cl. The lowest BCUT2D eigenvalue weighted by Gasteiger charge is -2.39. The normalized spacial score (nSPS) is 15.4. The zero-order valence-electron chi connectivity index (χ0n) is 19.8. The number of likely N-dealkylation sites (tertiary alicyclic amines) is 1. The van der Waals surface area contributed by atoms with Gasteiger partial charge in [0.2, 0.25) is 0 Å². The van der Waals surface area contributed by atoms with E-state index in [1.165, 1.54) is 16.8 Å². The highest BCUT2D eigenvalue weighted by atomic mass is 35.5.